The van der Waals surface area contributed by atoms with Crippen molar-refractivity contribution in [2.24, 2.45) is 0 Å². The predicted octanol–water partition coefficient (Wildman–Crippen LogP) is 2.35. The molecule has 0 fully saturated rings. The molecule has 0 saturated heterocycles. The van der Waals surface area contributed by atoms with Gasteiger partial charge in [-0.2, -0.15) is 0 Å². The van der Waals surface area contributed by atoms with Crippen molar-refractivity contribution in [1.29, 1.82) is 0 Å². The molecular weight excluding hydrogens is 288 g/mol. The summed E-state index contributed by atoms with van der Waals surface area (Å²) in [5, 5.41) is 0. The second-order valence-corrected chi connectivity index (χ2v) is 4.01. The standard InChI is InChI=1S/C8H10O4.C8H14O2/c1-3-7(9)11-5-6-12-8(10)4-2;1-4-5-6-10-8(9)7(2)3/h3-4H,1-2,5-6H2;2,4-6H2,1,3H3. The Hall–Kier alpha value is -2.37. The van der Waals surface area contributed by atoms with Crippen LogP contribution in [0.15, 0.2) is 37.5 Å². The molecule has 0 N–H and O–H groups in total. The molecule has 0 atom stereocenters. The van der Waals surface area contributed by atoms with Crippen LogP contribution in [0.2, 0.25) is 0 Å². The highest BCUT2D eigenvalue weighted by Crippen LogP contribution is 1.94. The first-order valence-corrected chi connectivity index (χ1v) is 6.80. The third-order valence-corrected chi connectivity index (χ3v) is 1.98. The van der Waals surface area contributed by atoms with Gasteiger partial charge >= 0.3 is 17.9 Å². The van der Waals surface area contributed by atoms with Crippen molar-refractivity contribution in [3.8, 4) is 0 Å². The van der Waals surface area contributed by atoms with Gasteiger partial charge in [0.1, 0.15) is 13.2 Å². The molecule has 0 aromatic heterocycles. The lowest BCUT2D eigenvalue weighted by Crippen LogP contribution is -2.10. The Morgan fingerprint density at radius 2 is 1.36 bits per heavy atom. The highest BCUT2D eigenvalue weighted by Gasteiger charge is 2.00. The van der Waals surface area contributed by atoms with Crippen LogP contribution in [-0.4, -0.2) is 37.7 Å². The van der Waals surface area contributed by atoms with Crippen LogP contribution < -0.4 is 0 Å². The minimum Gasteiger partial charge on any atom is -0.462 e. The van der Waals surface area contributed by atoms with E-state index < -0.39 is 11.9 Å². The molecule has 6 heteroatoms. The number of ether oxygens (including phenoxy) is 3. The van der Waals surface area contributed by atoms with E-state index in [0.29, 0.717) is 12.2 Å². The van der Waals surface area contributed by atoms with E-state index in [4.69, 9.17) is 4.74 Å². The molecule has 0 aliphatic rings. The van der Waals surface area contributed by atoms with Gasteiger partial charge in [-0.25, -0.2) is 14.4 Å². The zero-order valence-corrected chi connectivity index (χ0v) is 13.3. The third-order valence-electron chi connectivity index (χ3n) is 1.98. The van der Waals surface area contributed by atoms with Gasteiger partial charge in [0, 0.05) is 17.7 Å². The highest BCUT2D eigenvalue weighted by molar-refractivity contribution is 5.86. The molecule has 0 heterocycles. The number of unbranched alkanes of at least 4 members (excludes halogenated alkanes) is 1. The van der Waals surface area contributed by atoms with Crippen LogP contribution in [0.5, 0.6) is 0 Å². The number of carbonyl (C=O) groups is 3. The van der Waals surface area contributed by atoms with Crippen molar-refractivity contribution in [2.75, 3.05) is 19.8 Å². The van der Waals surface area contributed by atoms with E-state index in [1.54, 1.807) is 6.92 Å². The minimum atomic E-state index is -0.537. The molecule has 0 aromatic carbocycles. The fraction of sp³-hybridized carbons (Fsp3) is 0.438. The molecule has 0 aliphatic heterocycles. The van der Waals surface area contributed by atoms with Gasteiger partial charge in [-0.05, 0) is 13.3 Å². The van der Waals surface area contributed by atoms with Gasteiger partial charge in [-0.15, -0.1) is 0 Å². The van der Waals surface area contributed by atoms with Crippen LogP contribution in [0, 0.1) is 0 Å². The van der Waals surface area contributed by atoms with Crippen LogP contribution in [0.4, 0.5) is 0 Å². The van der Waals surface area contributed by atoms with E-state index in [1.807, 2.05) is 0 Å². The molecule has 0 unspecified atom stereocenters. The maximum Gasteiger partial charge on any atom is 0.333 e. The Morgan fingerprint density at radius 3 is 1.68 bits per heavy atom. The molecule has 6 nitrogen and oxygen atoms in total. The quantitative estimate of drug-likeness (QED) is 0.281. The SMILES string of the molecule is C=C(C)C(=O)OCCCC.C=CC(=O)OCCOC(=O)C=C. The normalized spacial score (nSPS) is 8.64. The van der Waals surface area contributed by atoms with E-state index in [9.17, 15) is 14.4 Å². The summed E-state index contributed by atoms with van der Waals surface area (Å²) >= 11 is 0. The first-order valence-electron chi connectivity index (χ1n) is 6.80. The number of hydrogen-bond acceptors (Lipinski definition) is 6. The van der Waals surface area contributed by atoms with Gasteiger partial charge in [0.25, 0.3) is 0 Å². The van der Waals surface area contributed by atoms with Crippen molar-refractivity contribution in [3.05, 3.63) is 37.5 Å². The molecular formula is C16H24O6. The fourth-order valence-electron chi connectivity index (χ4n) is 0.835. The summed E-state index contributed by atoms with van der Waals surface area (Å²) in [6.45, 7) is 14.1. The lowest BCUT2D eigenvalue weighted by Gasteiger charge is -2.01. The number of rotatable bonds is 9. The first kappa shape index (κ1) is 21.9. The summed E-state index contributed by atoms with van der Waals surface area (Å²) in [4.78, 5) is 31.5. The van der Waals surface area contributed by atoms with Crippen molar-refractivity contribution in [1.82, 2.24) is 0 Å². The number of esters is 3. The zero-order chi connectivity index (χ0) is 17.4. The molecule has 0 bridgehead atoms. The second-order valence-electron chi connectivity index (χ2n) is 4.01. The topological polar surface area (TPSA) is 78.9 Å². The molecule has 0 amide bonds. The summed E-state index contributed by atoms with van der Waals surface area (Å²) in [5.74, 6) is -1.36. The Bertz CT molecular complexity index is 375. The van der Waals surface area contributed by atoms with Crippen LogP contribution in [0.3, 0.4) is 0 Å². The molecule has 124 valence electrons. The zero-order valence-electron chi connectivity index (χ0n) is 13.3. The largest absolute Gasteiger partial charge is 0.462 e. The van der Waals surface area contributed by atoms with Gasteiger partial charge in [-0.1, -0.05) is 33.1 Å². The maximum absolute atomic E-state index is 10.7. The van der Waals surface area contributed by atoms with Crippen molar-refractivity contribution < 1.29 is 28.6 Å². The van der Waals surface area contributed by atoms with Crippen molar-refractivity contribution in [3.63, 3.8) is 0 Å². The molecule has 0 saturated carbocycles. The van der Waals surface area contributed by atoms with Gasteiger partial charge in [0.2, 0.25) is 0 Å². The van der Waals surface area contributed by atoms with E-state index in [0.717, 1.165) is 25.0 Å². The van der Waals surface area contributed by atoms with Crippen molar-refractivity contribution >= 4 is 17.9 Å². The Balaban J connectivity index is 0. The maximum atomic E-state index is 10.7. The Kier molecular flexibility index (Phi) is 15.0. The van der Waals surface area contributed by atoms with Crippen LogP contribution in [0.25, 0.3) is 0 Å². The number of carbonyl (C=O) groups excluding carboxylic acids is 3. The summed E-state index contributed by atoms with van der Waals surface area (Å²) in [6, 6.07) is 0. The van der Waals surface area contributed by atoms with Gasteiger partial charge in [0.15, 0.2) is 0 Å². The Morgan fingerprint density at radius 1 is 0.909 bits per heavy atom. The van der Waals surface area contributed by atoms with E-state index >= 15 is 0 Å². The summed E-state index contributed by atoms with van der Waals surface area (Å²) in [6.07, 6.45) is 4.05. The predicted molar refractivity (Wildman–Crippen MR) is 83.0 cm³/mol. The third kappa shape index (κ3) is 15.7. The lowest BCUT2D eigenvalue weighted by atomic mass is 10.3. The summed E-state index contributed by atoms with van der Waals surface area (Å²) in [7, 11) is 0. The molecule has 0 spiro atoms. The minimum absolute atomic E-state index is 0.0322. The summed E-state index contributed by atoms with van der Waals surface area (Å²) < 4.78 is 13.8. The summed E-state index contributed by atoms with van der Waals surface area (Å²) in [5.41, 5.74) is 0.469. The Labute approximate surface area is 131 Å². The van der Waals surface area contributed by atoms with Gasteiger partial charge in [0.05, 0.1) is 6.61 Å². The molecule has 0 radical (unpaired) electrons. The van der Waals surface area contributed by atoms with Crippen LogP contribution in [0.1, 0.15) is 26.7 Å². The fourth-order valence-corrected chi connectivity index (χ4v) is 0.835. The number of hydrogen-bond donors (Lipinski definition) is 0. The van der Waals surface area contributed by atoms with Gasteiger partial charge in [-0.3, -0.25) is 0 Å². The van der Waals surface area contributed by atoms with Crippen LogP contribution in [-0.2, 0) is 28.6 Å². The first-order chi connectivity index (χ1) is 10.4. The van der Waals surface area contributed by atoms with Gasteiger partial charge < -0.3 is 14.2 Å². The molecule has 0 rings (SSSR count). The van der Waals surface area contributed by atoms with E-state index in [2.05, 4.69) is 36.1 Å². The smallest absolute Gasteiger partial charge is 0.333 e. The highest BCUT2D eigenvalue weighted by atomic mass is 16.6. The molecule has 0 aromatic rings. The second kappa shape index (κ2) is 15.0. The average Bonchev–Trinajstić information content (AvgIpc) is 2.51. The van der Waals surface area contributed by atoms with Crippen molar-refractivity contribution in [2.45, 2.75) is 26.7 Å². The molecule has 0 aliphatic carbocycles. The monoisotopic (exact) mass is 312 g/mol. The van der Waals surface area contributed by atoms with Crippen LogP contribution >= 0.6 is 0 Å². The molecule has 22 heavy (non-hydrogen) atoms. The van der Waals surface area contributed by atoms with E-state index in [-0.39, 0.29) is 19.2 Å². The van der Waals surface area contributed by atoms with E-state index in [1.165, 1.54) is 0 Å². The average molecular weight is 312 g/mol. The lowest BCUT2D eigenvalue weighted by molar-refractivity contribution is -0.146.